The second-order valence-corrected chi connectivity index (χ2v) is 2.73. The molecule has 0 aliphatic heterocycles. The fourth-order valence-corrected chi connectivity index (χ4v) is 0.857. The van der Waals surface area contributed by atoms with Crippen LogP contribution in [0.5, 0.6) is 0 Å². The van der Waals surface area contributed by atoms with Crippen molar-refractivity contribution in [2.45, 2.75) is 0 Å². The van der Waals surface area contributed by atoms with Crippen LogP contribution in [0.25, 0.3) is 0 Å². The highest BCUT2D eigenvalue weighted by atomic mass is 79.9. The molecule has 1 aromatic carbocycles. The Morgan fingerprint density at radius 2 is 1.80 bits per heavy atom. The van der Waals surface area contributed by atoms with Gasteiger partial charge in [-0.1, -0.05) is 15.9 Å². The molecule has 1 N–H and O–H groups in total. The van der Waals surface area contributed by atoms with Crippen molar-refractivity contribution in [1.82, 2.24) is 0 Å². The third-order valence-corrected chi connectivity index (χ3v) is 1.62. The molecule has 1 rings (SSSR count). The van der Waals surface area contributed by atoms with Crippen LogP contribution >= 0.6 is 15.9 Å². The molecular weight excluding hydrogens is 202 g/mol. The van der Waals surface area contributed by atoms with Crippen molar-refractivity contribution >= 4 is 21.9 Å². The van der Waals surface area contributed by atoms with Gasteiger partial charge in [0.25, 0.3) is 0 Å². The fourth-order valence-electron chi connectivity index (χ4n) is 0.592. The Morgan fingerprint density at radius 1 is 1.30 bits per heavy atom. The van der Waals surface area contributed by atoms with E-state index in [4.69, 9.17) is 5.11 Å². The minimum absolute atomic E-state index is 0.309. The topological polar surface area (TPSA) is 37.3 Å². The van der Waals surface area contributed by atoms with Crippen LogP contribution in [-0.2, 0) is 0 Å². The summed E-state index contributed by atoms with van der Waals surface area (Å²) in [6.07, 6.45) is 0. The van der Waals surface area contributed by atoms with E-state index >= 15 is 0 Å². The average Bonchev–Trinajstić information content (AvgIpc) is 1.88. The molecule has 1 aromatic rings. The normalized spacial score (nSPS) is 9.30. The van der Waals surface area contributed by atoms with E-state index in [1.54, 1.807) is 24.3 Å². The summed E-state index contributed by atoms with van der Waals surface area (Å²) in [5.74, 6) is -0.896. The molecule has 2 nitrogen and oxygen atoms in total. The molecule has 0 fully saturated rings. The monoisotopic (exact) mass is 206 g/mol. The van der Waals surface area contributed by atoms with Gasteiger partial charge in [-0.25, -0.2) is 4.79 Å². The van der Waals surface area contributed by atoms with Crippen LogP contribution in [0.4, 0.5) is 0 Å². The van der Waals surface area contributed by atoms with Gasteiger partial charge in [-0.2, -0.15) is 0 Å². The number of benzene rings is 1. The summed E-state index contributed by atoms with van der Waals surface area (Å²) in [4.78, 5) is 10.3. The summed E-state index contributed by atoms with van der Waals surface area (Å²) >= 11 is 3.20. The second-order valence-electron chi connectivity index (χ2n) is 1.81. The van der Waals surface area contributed by atoms with Crippen LogP contribution in [0.3, 0.4) is 0 Å². The lowest BCUT2D eigenvalue weighted by Gasteiger charge is -1.91. The third-order valence-electron chi connectivity index (χ3n) is 1.09. The van der Waals surface area contributed by atoms with Crippen molar-refractivity contribution in [2.24, 2.45) is 0 Å². The lowest BCUT2D eigenvalue weighted by atomic mass is 10.9. The molecule has 0 saturated heterocycles. The van der Waals surface area contributed by atoms with Gasteiger partial charge in [0.05, 0.1) is 5.56 Å². The van der Waals surface area contributed by atoms with Crippen molar-refractivity contribution in [3.05, 3.63) is 34.3 Å². The van der Waals surface area contributed by atoms with Gasteiger partial charge in [0.15, 0.2) is 0 Å². The van der Waals surface area contributed by atoms with Crippen LogP contribution in [-0.4, -0.2) is 11.1 Å². The number of carboxylic acid groups (broad SMARTS) is 1. The Hall–Kier alpha value is -0.830. The van der Waals surface area contributed by atoms with Crippen molar-refractivity contribution in [1.29, 1.82) is 0 Å². The molecule has 0 aliphatic rings. The number of hydrogen-bond acceptors (Lipinski definition) is 1. The fraction of sp³-hybridized carbons (Fsp3) is 0. The Morgan fingerprint density at radius 3 is 2.20 bits per heavy atom. The predicted octanol–water partition coefficient (Wildman–Crippen LogP) is 2.15. The molecule has 0 radical (unpaired) electrons. The Labute approximate surface area is 66.6 Å². The van der Waals surface area contributed by atoms with Gasteiger partial charge in [-0.15, -0.1) is 0 Å². The molecule has 0 unspecified atom stereocenters. The maximum absolute atomic E-state index is 10.3. The highest BCUT2D eigenvalue weighted by Gasteiger charge is 1.98. The lowest BCUT2D eigenvalue weighted by Crippen LogP contribution is -1.94. The zero-order valence-corrected chi connectivity index (χ0v) is 6.63. The Balaban J connectivity index is 3.00. The lowest BCUT2D eigenvalue weighted by molar-refractivity contribution is 0.0697. The molecule has 3 heteroatoms. The van der Waals surface area contributed by atoms with Crippen LogP contribution in [0.15, 0.2) is 28.7 Å². The molecule has 0 spiro atoms. The number of aromatic carboxylic acids is 1. The first-order valence-corrected chi connectivity index (χ1v) is 3.48. The molecule has 0 aromatic heterocycles. The van der Waals surface area contributed by atoms with Gasteiger partial charge >= 0.3 is 5.97 Å². The van der Waals surface area contributed by atoms with Crippen LogP contribution in [0.2, 0.25) is 0 Å². The summed E-state index contributed by atoms with van der Waals surface area (Å²) in [5, 5.41) is 8.46. The highest BCUT2D eigenvalue weighted by Crippen LogP contribution is 2.09. The molecule has 0 saturated carbocycles. The molecule has 0 bridgehead atoms. The van der Waals surface area contributed by atoms with E-state index in [1.807, 2.05) is 0 Å². The van der Waals surface area contributed by atoms with E-state index in [9.17, 15) is 4.79 Å². The Bertz CT molecular complexity index is 240. The molecule has 10 heavy (non-hydrogen) atoms. The minimum atomic E-state index is -0.896. The van der Waals surface area contributed by atoms with Crippen molar-refractivity contribution in [3.63, 3.8) is 0 Å². The maximum atomic E-state index is 10.3. The van der Waals surface area contributed by atoms with E-state index in [-0.39, 0.29) is 0 Å². The number of carbonyl (C=O) groups is 1. The van der Waals surface area contributed by atoms with E-state index in [0.29, 0.717) is 5.56 Å². The molecule has 52 valence electrons. The van der Waals surface area contributed by atoms with E-state index in [2.05, 4.69) is 15.9 Å². The highest BCUT2D eigenvalue weighted by molar-refractivity contribution is 9.10. The number of hydrogen-bond donors (Lipinski definition) is 1. The summed E-state index contributed by atoms with van der Waals surface area (Å²) in [6, 6.07) is 6.49. The molecule has 0 aliphatic carbocycles. The maximum Gasteiger partial charge on any atom is 0.335 e. The molecular formula is C7H5BrO2. The third kappa shape index (κ3) is 1.57. The first kappa shape index (κ1) is 7.28. The SMILES string of the molecule is O=[13C](O)[13c]1c[13cH][13c](Br)[13cH][13cH]1. The molecule has 0 amide bonds. The van der Waals surface area contributed by atoms with Crippen LogP contribution < -0.4 is 0 Å². The van der Waals surface area contributed by atoms with Gasteiger partial charge < -0.3 is 5.11 Å². The van der Waals surface area contributed by atoms with Crippen LogP contribution in [0.1, 0.15) is 10.4 Å². The van der Waals surface area contributed by atoms with E-state index < -0.39 is 5.97 Å². The van der Waals surface area contributed by atoms with Crippen LogP contribution in [0, 0.1) is 0 Å². The number of rotatable bonds is 1. The summed E-state index contributed by atoms with van der Waals surface area (Å²) in [5.41, 5.74) is 0.309. The van der Waals surface area contributed by atoms with Crippen molar-refractivity contribution < 1.29 is 9.90 Å². The first-order chi connectivity index (χ1) is 4.70. The summed E-state index contributed by atoms with van der Waals surface area (Å²) < 4.78 is 0.887. The average molecular weight is 207 g/mol. The standard InChI is InChI=1S/C7H5BrO2/c8-6-3-1-5(2-4-6)7(9)10/h1-4H,(H,9,10)/i1+1,3+1,4+1,5+1,6+1,7+1. The molecule has 0 atom stereocenters. The van der Waals surface area contributed by atoms with Crippen molar-refractivity contribution in [2.75, 3.05) is 0 Å². The minimum Gasteiger partial charge on any atom is -0.478 e. The van der Waals surface area contributed by atoms with E-state index in [0.717, 1.165) is 4.47 Å². The van der Waals surface area contributed by atoms with Crippen molar-refractivity contribution in [3.8, 4) is 0 Å². The quantitative estimate of drug-likeness (QED) is 0.716. The number of carboxylic acids is 1. The Kier molecular flexibility index (Phi) is 2.06. The largest absolute Gasteiger partial charge is 0.478 e. The first-order valence-electron chi connectivity index (χ1n) is 2.69. The smallest absolute Gasteiger partial charge is 0.335 e. The zero-order valence-electron chi connectivity index (χ0n) is 5.04. The number of halogens is 1. The van der Waals surface area contributed by atoms with Gasteiger partial charge in [0, 0.05) is 4.47 Å². The predicted molar refractivity (Wildman–Crippen MR) is 41.1 cm³/mol. The zero-order chi connectivity index (χ0) is 7.56. The van der Waals surface area contributed by atoms with E-state index in [1.165, 1.54) is 0 Å². The van der Waals surface area contributed by atoms with Gasteiger partial charge in [-0.05, 0) is 24.3 Å². The molecule has 0 heterocycles. The summed E-state index contributed by atoms with van der Waals surface area (Å²) in [6.45, 7) is 0. The van der Waals surface area contributed by atoms with Gasteiger partial charge in [0.2, 0.25) is 0 Å². The second kappa shape index (κ2) is 2.84. The van der Waals surface area contributed by atoms with Gasteiger partial charge in [-0.3, -0.25) is 0 Å². The van der Waals surface area contributed by atoms with Gasteiger partial charge in [0.1, 0.15) is 0 Å². The summed E-state index contributed by atoms with van der Waals surface area (Å²) in [7, 11) is 0.